The van der Waals surface area contributed by atoms with Crippen molar-refractivity contribution in [2.75, 3.05) is 43.0 Å². The number of carbonyl (C=O) groups is 2. The van der Waals surface area contributed by atoms with Crippen LogP contribution < -0.4 is 20.5 Å². The zero-order valence-electron chi connectivity index (χ0n) is 27.9. The van der Waals surface area contributed by atoms with Crippen molar-refractivity contribution in [2.24, 2.45) is 0 Å². The minimum Gasteiger partial charge on any atom is -0.504 e. The monoisotopic (exact) mass is 737 g/mol. The second kappa shape index (κ2) is 13.4. The standard InChI is InChI=1S/C34H31ClF3N9O5/c1-3-24-28(44-9-11-45(12-10-44)31(50)27-29(49)18(2)39-17-40-27)32(51)47-33(42-30(43-47)20-4-7-25-19(14-20)8-13-52-25)46(24)16-26(48)41-23-6-5-21(15-22(23)35)34(36,37)38/h4-7,14-15,17,49H,3,8-13,16H2,1-2H3,(H,41,48). The minimum atomic E-state index is -4.62. The molecule has 1 fully saturated rings. The molecule has 0 bridgehead atoms. The molecule has 18 heteroatoms. The number of nitrogens with one attached hydrogen (secondary N) is 1. The number of fused-ring (bicyclic) bond motifs is 2. The molecule has 0 unspecified atom stereocenters. The molecule has 0 spiro atoms. The molecule has 0 saturated carbocycles. The Morgan fingerprint density at radius 1 is 1.08 bits per heavy atom. The number of aromatic nitrogens is 6. The fourth-order valence-corrected chi connectivity index (χ4v) is 6.64. The molecule has 7 rings (SSSR count). The summed E-state index contributed by atoms with van der Waals surface area (Å²) in [6.45, 7) is 4.36. The number of amides is 2. The molecular weight excluding hydrogens is 707 g/mol. The highest BCUT2D eigenvalue weighted by atomic mass is 35.5. The van der Waals surface area contributed by atoms with Crippen molar-refractivity contribution in [1.29, 1.82) is 0 Å². The third-order valence-electron chi connectivity index (χ3n) is 9.07. The first-order chi connectivity index (χ1) is 24.8. The van der Waals surface area contributed by atoms with Crippen LogP contribution in [-0.4, -0.2) is 83.7 Å². The number of aryl methyl sites for hydroxylation is 1. The van der Waals surface area contributed by atoms with Crippen LogP contribution in [0.1, 0.15) is 39.9 Å². The number of piperazine rings is 1. The van der Waals surface area contributed by atoms with Crippen molar-refractivity contribution >= 4 is 40.6 Å². The number of anilines is 2. The molecule has 2 amide bonds. The normalized spacial score (nSPS) is 14.4. The molecule has 3 aromatic heterocycles. The molecule has 0 atom stereocenters. The Labute approximate surface area is 298 Å². The van der Waals surface area contributed by atoms with Crippen LogP contribution in [-0.2, 0) is 30.4 Å². The number of carbonyl (C=O) groups excluding carboxylic acids is 2. The van der Waals surface area contributed by atoms with Crippen molar-refractivity contribution in [3.63, 3.8) is 0 Å². The average Bonchev–Trinajstić information content (AvgIpc) is 3.79. The van der Waals surface area contributed by atoms with Gasteiger partial charge < -0.3 is 29.5 Å². The number of benzene rings is 2. The van der Waals surface area contributed by atoms with Crippen LogP contribution >= 0.6 is 11.6 Å². The van der Waals surface area contributed by atoms with Gasteiger partial charge in [0.25, 0.3) is 11.5 Å². The zero-order chi connectivity index (χ0) is 36.9. The van der Waals surface area contributed by atoms with Gasteiger partial charge in [0.1, 0.15) is 24.3 Å². The van der Waals surface area contributed by atoms with E-state index in [-0.39, 0.29) is 77.7 Å². The van der Waals surface area contributed by atoms with Crippen molar-refractivity contribution < 1.29 is 32.6 Å². The maximum absolute atomic E-state index is 14.3. The van der Waals surface area contributed by atoms with Crippen molar-refractivity contribution in [1.82, 2.24) is 34.0 Å². The number of hydrogen-bond donors (Lipinski definition) is 2. The lowest BCUT2D eigenvalue weighted by Crippen LogP contribution is -2.51. The van der Waals surface area contributed by atoms with E-state index in [1.54, 1.807) is 17.6 Å². The molecule has 1 saturated heterocycles. The summed E-state index contributed by atoms with van der Waals surface area (Å²) in [5.41, 5.74) is 0.982. The summed E-state index contributed by atoms with van der Waals surface area (Å²) in [7, 11) is 0. The molecular formula is C34H31ClF3N9O5. The summed E-state index contributed by atoms with van der Waals surface area (Å²) in [6, 6.07) is 8.10. The highest BCUT2D eigenvalue weighted by Gasteiger charge is 2.32. The van der Waals surface area contributed by atoms with Crippen molar-refractivity contribution in [3.8, 4) is 22.9 Å². The van der Waals surface area contributed by atoms with Crippen LogP contribution in [0, 0.1) is 6.92 Å². The fraction of sp³-hybridized carbons (Fsp3) is 0.324. The van der Waals surface area contributed by atoms with Gasteiger partial charge in [-0.15, -0.1) is 5.10 Å². The number of aromatic hydroxyl groups is 1. The molecule has 270 valence electrons. The highest BCUT2D eigenvalue weighted by molar-refractivity contribution is 6.33. The maximum atomic E-state index is 14.3. The first kappa shape index (κ1) is 34.7. The summed E-state index contributed by atoms with van der Waals surface area (Å²) in [5, 5.41) is 17.2. The van der Waals surface area contributed by atoms with Gasteiger partial charge in [-0.1, -0.05) is 18.5 Å². The zero-order valence-corrected chi connectivity index (χ0v) is 28.6. The Balaban J connectivity index is 1.25. The van der Waals surface area contributed by atoms with E-state index in [1.165, 1.54) is 11.2 Å². The molecule has 52 heavy (non-hydrogen) atoms. The van der Waals surface area contributed by atoms with Gasteiger partial charge in [-0.25, -0.2) is 9.97 Å². The molecule has 2 aliphatic heterocycles. The van der Waals surface area contributed by atoms with Crippen LogP contribution in [0.25, 0.3) is 17.2 Å². The fourth-order valence-electron chi connectivity index (χ4n) is 6.41. The molecule has 2 N–H and O–H groups in total. The quantitative estimate of drug-likeness (QED) is 0.249. The van der Waals surface area contributed by atoms with E-state index in [0.717, 1.165) is 34.0 Å². The second-order valence-corrected chi connectivity index (χ2v) is 12.7. The SMILES string of the molecule is CCc1c(N2CCN(C(=O)c3ncnc(C)c3O)CC2)c(=O)n2nc(-c3ccc4c(c3)CCO4)nc2n1CC(=O)Nc1ccc(C(F)(F)F)cc1Cl. The molecule has 14 nitrogen and oxygen atoms in total. The lowest BCUT2D eigenvalue weighted by atomic mass is 10.1. The lowest BCUT2D eigenvalue weighted by Gasteiger charge is -2.36. The topological polar surface area (TPSA) is 160 Å². The van der Waals surface area contributed by atoms with Gasteiger partial charge in [-0.05, 0) is 55.3 Å². The van der Waals surface area contributed by atoms with E-state index in [1.807, 2.05) is 24.0 Å². The van der Waals surface area contributed by atoms with E-state index < -0.39 is 35.7 Å². The van der Waals surface area contributed by atoms with Gasteiger partial charge in [-0.2, -0.15) is 22.7 Å². The average molecular weight is 738 g/mol. The van der Waals surface area contributed by atoms with Gasteiger partial charge in [0, 0.05) is 38.2 Å². The van der Waals surface area contributed by atoms with Crippen LogP contribution in [0.2, 0.25) is 5.02 Å². The molecule has 2 aliphatic rings. The van der Waals surface area contributed by atoms with Crippen LogP contribution in [0.4, 0.5) is 24.5 Å². The summed E-state index contributed by atoms with van der Waals surface area (Å²) in [4.78, 5) is 57.0. The predicted molar refractivity (Wildman–Crippen MR) is 183 cm³/mol. The van der Waals surface area contributed by atoms with E-state index in [2.05, 4.69) is 20.4 Å². The Morgan fingerprint density at radius 3 is 2.56 bits per heavy atom. The van der Waals surface area contributed by atoms with Gasteiger partial charge in [0.15, 0.2) is 17.3 Å². The smallest absolute Gasteiger partial charge is 0.416 e. The van der Waals surface area contributed by atoms with E-state index in [9.17, 15) is 32.7 Å². The lowest BCUT2D eigenvalue weighted by molar-refractivity contribution is -0.137. The van der Waals surface area contributed by atoms with E-state index in [4.69, 9.17) is 21.3 Å². The number of ether oxygens (including phenoxy) is 1. The van der Waals surface area contributed by atoms with Gasteiger partial charge >= 0.3 is 6.18 Å². The number of nitrogens with zero attached hydrogens (tertiary/aromatic N) is 8. The molecule has 2 aromatic carbocycles. The summed E-state index contributed by atoms with van der Waals surface area (Å²) < 4.78 is 48.0. The second-order valence-electron chi connectivity index (χ2n) is 12.3. The van der Waals surface area contributed by atoms with E-state index in [0.29, 0.717) is 24.3 Å². The molecule has 0 aliphatic carbocycles. The third kappa shape index (κ3) is 6.35. The number of alkyl halides is 3. The van der Waals surface area contributed by atoms with Crippen molar-refractivity contribution in [3.05, 3.63) is 86.3 Å². The van der Waals surface area contributed by atoms with Crippen LogP contribution in [0.5, 0.6) is 11.5 Å². The number of halogens is 4. The number of hydrogen-bond acceptors (Lipinski definition) is 10. The first-order valence-corrected chi connectivity index (χ1v) is 16.7. The molecule has 0 radical (unpaired) electrons. The first-order valence-electron chi connectivity index (χ1n) is 16.3. The van der Waals surface area contributed by atoms with E-state index >= 15 is 0 Å². The Bertz CT molecular complexity index is 2300. The Kier molecular flexibility index (Phi) is 8.98. The molecule has 5 aromatic rings. The summed E-state index contributed by atoms with van der Waals surface area (Å²) >= 11 is 6.13. The summed E-state index contributed by atoms with van der Waals surface area (Å²) in [5.74, 6) is -0.349. The maximum Gasteiger partial charge on any atom is 0.416 e. The minimum absolute atomic E-state index is 0.0248. The number of rotatable bonds is 7. The van der Waals surface area contributed by atoms with Gasteiger partial charge in [0.2, 0.25) is 11.7 Å². The molecule has 5 heterocycles. The van der Waals surface area contributed by atoms with Gasteiger partial charge in [0.05, 0.1) is 34.3 Å². The summed E-state index contributed by atoms with van der Waals surface area (Å²) in [6.07, 6.45) is -2.44. The largest absolute Gasteiger partial charge is 0.504 e. The predicted octanol–water partition coefficient (Wildman–Crippen LogP) is 4.13. The van der Waals surface area contributed by atoms with Crippen LogP contribution in [0.3, 0.4) is 0 Å². The Morgan fingerprint density at radius 2 is 1.85 bits per heavy atom. The highest BCUT2D eigenvalue weighted by Crippen LogP contribution is 2.34. The van der Waals surface area contributed by atoms with Crippen molar-refractivity contribution in [2.45, 2.75) is 39.4 Å². The van der Waals surface area contributed by atoms with Gasteiger partial charge in [-0.3, -0.25) is 14.4 Å². The van der Waals surface area contributed by atoms with Crippen LogP contribution in [0.15, 0.2) is 47.5 Å². The Hall–Kier alpha value is -5.71. The third-order valence-corrected chi connectivity index (χ3v) is 9.38.